The Morgan fingerprint density at radius 1 is 0.952 bits per heavy atom. The van der Waals surface area contributed by atoms with Gasteiger partial charge in [0.05, 0.1) is 6.61 Å². The van der Waals surface area contributed by atoms with Crippen LogP contribution in [0.3, 0.4) is 0 Å². The van der Waals surface area contributed by atoms with Crippen molar-refractivity contribution in [2.75, 3.05) is 6.61 Å². The lowest BCUT2D eigenvalue weighted by atomic mass is 10.1. The second-order valence-electron chi connectivity index (χ2n) is 4.66. The summed E-state index contributed by atoms with van der Waals surface area (Å²) in [7, 11) is -3.87. The summed E-state index contributed by atoms with van der Waals surface area (Å²) in [6.45, 7) is 6.05. The van der Waals surface area contributed by atoms with Crippen LogP contribution < -0.4 is 8.92 Å². The van der Waals surface area contributed by atoms with Crippen molar-refractivity contribution in [2.24, 2.45) is 0 Å². The largest absolute Gasteiger partial charge is 0.490 e. The van der Waals surface area contributed by atoms with Crippen molar-refractivity contribution < 1.29 is 17.3 Å². The Hall–Kier alpha value is -2.01. The van der Waals surface area contributed by atoms with Gasteiger partial charge in [0.15, 0.2) is 11.5 Å². The van der Waals surface area contributed by atoms with Crippen molar-refractivity contribution >= 4 is 10.1 Å². The molecule has 0 spiro atoms. The van der Waals surface area contributed by atoms with Gasteiger partial charge in [0.1, 0.15) is 4.90 Å². The summed E-state index contributed by atoms with van der Waals surface area (Å²) in [5, 5.41) is 0. The molecule has 0 bridgehead atoms. The lowest BCUT2D eigenvalue weighted by molar-refractivity contribution is 0.327. The maximum atomic E-state index is 12.3. The molecule has 2 aromatic carbocycles. The summed E-state index contributed by atoms with van der Waals surface area (Å²) < 4.78 is 35.3. The number of benzene rings is 2. The molecule has 4 nitrogen and oxygen atoms in total. The first-order valence-corrected chi connectivity index (χ1v) is 8.08. The highest BCUT2D eigenvalue weighted by Gasteiger charge is 2.19. The third-order valence-electron chi connectivity index (χ3n) is 3.12. The second-order valence-corrected chi connectivity index (χ2v) is 6.21. The van der Waals surface area contributed by atoms with E-state index in [1.54, 1.807) is 42.5 Å². The summed E-state index contributed by atoms with van der Waals surface area (Å²) in [6.07, 6.45) is 0. The molecule has 0 aliphatic carbocycles. The molecule has 0 saturated carbocycles. The topological polar surface area (TPSA) is 52.6 Å². The molecule has 2 rings (SSSR count). The zero-order valence-electron chi connectivity index (χ0n) is 12.3. The van der Waals surface area contributed by atoms with Gasteiger partial charge in [-0.15, -0.1) is 0 Å². The highest BCUT2D eigenvalue weighted by Crippen LogP contribution is 2.29. The van der Waals surface area contributed by atoms with Gasteiger partial charge in [-0.3, -0.25) is 0 Å². The van der Waals surface area contributed by atoms with E-state index in [2.05, 4.69) is 0 Å². The summed E-state index contributed by atoms with van der Waals surface area (Å²) in [4.78, 5) is 0.136. The van der Waals surface area contributed by atoms with E-state index in [4.69, 9.17) is 8.92 Å². The van der Waals surface area contributed by atoms with Crippen LogP contribution in [0.4, 0.5) is 0 Å². The van der Waals surface area contributed by atoms with Gasteiger partial charge in [-0.05, 0) is 56.2 Å². The first-order chi connectivity index (χ1) is 9.94. The fourth-order valence-corrected chi connectivity index (χ4v) is 2.86. The maximum absolute atomic E-state index is 12.3. The van der Waals surface area contributed by atoms with E-state index < -0.39 is 10.1 Å². The van der Waals surface area contributed by atoms with Gasteiger partial charge >= 0.3 is 10.1 Å². The monoisotopic (exact) mass is 306 g/mol. The van der Waals surface area contributed by atoms with Crippen molar-refractivity contribution in [1.82, 2.24) is 0 Å². The SMILES string of the molecule is CCOc1ccccc1OS(=O)(=O)c1ccc(C)c(C)c1. The van der Waals surface area contributed by atoms with Crippen LogP contribution in [-0.4, -0.2) is 15.0 Å². The minimum absolute atomic E-state index is 0.136. The standard InChI is InChI=1S/C16H18O4S/c1-4-19-15-7-5-6-8-16(15)20-21(17,18)14-10-9-12(2)13(3)11-14/h5-11H,4H2,1-3H3. The van der Waals surface area contributed by atoms with Crippen LogP contribution in [0.1, 0.15) is 18.1 Å². The van der Waals surface area contributed by atoms with E-state index in [9.17, 15) is 8.42 Å². The van der Waals surface area contributed by atoms with E-state index in [1.165, 1.54) is 0 Å². The Bertz CT molecular complexity index is 736. The zero-order chi connectivity index (χ0) is 15.5. The fraction of sp³-hybridized carbons (Fsp3) is 0.250. The van der Waals surface area contributed by atoms with Crippen molar-refractivity contribution in [3.8, 4) is 11.5 Å². The Kier molecular flexibility index (Phi) is 4.53. The molecule has 0 aliphatic rings. The number of aryl methyl sites for hydroxylation is 2. The number of hydrogen-bond donors (Lipinski definition) is 0. The highest BCUT2D eigenvalue weighted by atomic mass is 32.2. The molecular formula is C16H18O4S. The molecule has 0 aromatic heterocycles. The molecule has 0 heterocycles. The number of ether oxygens (including phenoxy) is 1. The molecule has 2 aromatic rings. The first-order valence-electron chi connectivity index (χ1n) is 6.67. The second kappa shape index (κ2) is 6.18. The Labute approximate surface area is 125 Å². The molecule has 0 aliphatic heterocycles. The molecule has 0 radical (unpaired) electrons. The van der Waals surface area contributed by atoms with Crippen LogP contribution in [-0.2, 0) is 10.1 Å². The number of para-hydroxylation sites is 2. The van der Waals surface area contributed by atoms with Gasteiger partial charge in [0.25, 0.3) is 0 Å². The molecule has 112 valence electrons. The molecule has 0 atom stereocenters. The van der Waals surface area contributed by atoms with Gasteiger partial charge < -0.3 is 8.92 Å². The summed E-state index contributed by atoms with van der Waals surface area (Å²) >= 11 is 0. The van der Waals surface area contributed by atoms with Crippen LogP contribution in [0, 0.1) is 13.8 Å². The highest BCUT2D eigenvalue weighted by molar-refractivity contribution is 7.87. The fourth-order valence-electron chi connectivity index (χ4n) is 1.83. The Morgan fingerprint density at radius 3 is 2.24 bits per heavy atom. The van der Waals surface area contributed by atoms with Crippen molar-refractivity contribution in [1.29, 1.82) is 0 Å². The average molecular weight is 306 g/mol. The average Bonchev–Trinajstić information content (AvgIpc) is 2.44. The normalized spacial score (nSPS) is 11.2. The number of rotatable bonds is 5. The summed E-state index contributed by atoms with van der Waals surface area (Å²) in [6, 6.07) is 11.6. The lowest BCUT2D eigenvalue weighted by Crippen LogP contribution is -2.11. The van der Waals surface area contributed by atoms with Crippen molar-refractivity contribution in [3.05, 3.63) is 53.6 Å². The Morgan fingerprint density at radius 2 is 1.62 bits per heavy atom. The molecule has 21 heavy (non-hydrogen) atoms. The smallest absolute Gasteiger partial charge is 0.339 e. The first kappa shape index (κ1) is 15.4. The van der Waals surface area contributed by atoms with Crippen LogP contribution >= 0.6 is 0 Å². The zero-order valence-corrected chi connectivity index (χ0v) is 13.1. The van der Waals surface area contributed by atoms with Crippen molar-refractivity contribution in [2.45, 2.75) is 25.7 Å². The van der Waals surface area contributed by atoms with Crippen LogP contribution in [0.5, 0.6) is 11.5 Å². The van der Waals surface area contributed by atoms with E-state index in [1.807, 2.05) is 20.8 Å². The van der Waals surface area contributed by atoms with Gasteiger partial charge in [0.2, 0.25) is 0 Å². The van der Waals surface area contributed by atoms with E-state index >= 15 is 0 Å². The maximum Gasteiger partial charge on any atom is 0.339 e. The molecule has 0 fully saturated rings. The number of hydrogen-bond acceptors (Lipinski definition) is 4. The minimum Gasteiger partial charge on any atom is -0.490 e. The molecular weight excluding hydrogens is 288 g/mol. The van der Waals surface area contributed by atoms with Gasteiger partial charge in [-0.2, -0.15) is 8.42 Å². The van der Waals surface area contributed by atoms with Crippen LogP contribution in [0.25, 0.3) is 0 Å². The van der Waals surface area contributed by atoms with Gasteiger partial charge in [-0.25, -0.2) is 0 Å². The van der Waals surface area contributed by atoms with Crippen LogP contribution in [0.15, 0.2) is 47.4 Å². The molecule has 0 saturated heterocycles. The third kappa shape index (κ3) is 3.55. The lowest BCUT2D eigenvalue weighted by Gasteiger charge is -2.12. The molecule has 5 heteroatoms. The molecule has 0 N–H and O–H groups in total. The summed E-state index contributed by atoms with van der Waals surface area (Å²) in [5.41, 5.74) is 1.93. The quantitative estimate of drug-likeness (QED) is 0.794. The predicted molar refractivity (Wildman–Crippen MR) is 81.3 cm³/mol. The Balaban J connectivity index is 2.35. The summed E-state index contributed by atoms with van der Waals surface area (Å²) in [5.74, 6) is 0.602. The minimum atomic E-state index is -3.87. The van der Waals surface area contributed by atoms with Crippen molar-refractivity contribution in [3.63, 3.8) is 0 Å². The molecule has 0 amide bonds. The van der Waals surface area contributed by atoms with E-state index in [0.717, 1.165) is 11.1 Å². The predicted octanol–water partition coefficient (Wildman–Crippen LogP) is 3.47. The van der Waals surface area contributed by atoms with Gasteiger partial charge in [-0.1, -0.05) is 18.2 Å². The van der Waals surface area contributed by atoms with E-state index in [0.29, 0.717) is 12.4 Å². The molecule has 0 unspecified atom stereocenters. The van der Waals surface area contributed by atoms with Crippen LogP contribution in [0.2, 0.25) is 0 Å². The third-order valence-corrected chi connectivity index (χ3v) is 4.35. The van der Waals surface area contributed by atoms with E-state index in [-0.39, 0.29) is 10.6 Å². The van der Waals surface area contributed by atoms with Gasteiger partial charge in [0, 0.05) is 0 Å².